The normalized spacial score (nSPS) is 18.0. The summed E-state index contributed by atoms with van der Waals surface area (Å²) in [7, 11) is 0. The molecule has 4 atom stereocenters. The van der Waals surface area contributed by atoms with E-state index in [9.17, 15) is 76.3 Å². The molecule has 8 amide bonds. The molecule has 12 aromatic rings. The largest absolute Gasteiger partial charge is 0.443 e. The monoisotopic (exact) mass is 1730 g/mol. The minimum atomic E-state index is -4.46. The van der Waals surface area contributed by atoms with Crippen molar-refractivity contribution in [1.82, 2.24) is 26.3 Å². The Hall–Kier alpha value is -12.7. The molecule has 121 heavy (non-hydrogen) atoms. The van der Waals surface area contributed by atoms with Crippen molar-refractivity contribution in [3.05, 3.63) is 275 Å². The zero-order valence-electron chi connectivity index (χ0n) is 62.6. The quantitative estimate of drug-likeness (QED) is 0.0883. The van der Waals surface area contributed by atoms with Crippen molar-refractivity contribution in [3.63, 3.8) is 0 Å². The first-order valence-corrected chi connectivity index (χ1v) is 40.9. The van der Waals surface area contributed by atoms with Crippen molar-refractivity contribution in [2.75, 3.05) is 45.8 Å². The molecule has 4 N–H and O–H groups in total. The van der Waals surface area contributed by atoms with Gasteiger partial charge in [0.05, 0.1) is 51.8 Å². The summed E-state index contributed by atoms with van der Waals surface area (Å²) in [4.78, 5) is 76.5. The van der Waals surface area contributed by atoms with Gasteiger partial charge in [0, 0.05) is 116 Å². The van der Waals surface area contributed by atoms with Crippen LogP contribution in [0.4, 0.5) is 122 Å². The van der Waals surface area contributed by atoms with Gasteiger partial charge < -0.3 is 21.3 Å². The zero-order valence-corrected chi connectivity index (χ0v) is 65.9. The molecule has 0 radical (unpaired) electrons. The van der Waals surface area contributed by atoms with Crippen molar-refractivity contribution in [3.8, 4) is 43.1 Å². The van der Waals surface area contributed by atoms with Gasteiger partial charge in [0.15, 0.2) is 5.01 Å². The van der Waals surface area contributed by atoms with Gasteiger partial charge in [-0.3, -0.25) is 39.6 Å². The molecule has 8 aliphatic heterocycles. The summed E-state index contributed by atoms with van der Waals surface area (Å²) in [6.07, 6.45) is -5.86. The first kappa shape index (κ1) is 80.7. The summed E-state index contributed by atoms with van der Waals surface area (Å²) in [5, 5.41) is 13.3. The number of alkyl halides is 12. The Bertz CT molecular complexity index is 5720. The second-order valence-electron chi connectivity index (χ2n) is 28.8. The Morgan fingerprint density at radius 3 is 1.02 bits per heavy atom. The van der Waals surface area contributed by atoms with Gasteiger partial charge in [-0.1, -0.05) is 109 Å². The number of thiophene rings is 3. The minimum absolute atomic E-state index is 0.0891. The smallest absolute Gasteiger partial charge is 0.335 e. The van der Waals surface area contributed by atoms with E-state index in [-0.39, 0.29) is 59.9 Å². The third-order valence-corrected chi connectivity index (χ3v) is 25.6. The molecule has 17 nitrogen and oxygen atoms in total. The van der Waals surface area contributed by atoms with Gasteiger partial charge in [0.1, 0.15) is 20.4 Å². The van der Waals surface area contributed by atoms with Crippen LogP contribution in [0.1, 0.15) is 88.3 Å². The van der Waals surface area contributed by atoms with E-state index in [4.69, 9.17) is 0 Å². The summed E-state index contributed by atoms with van der Waals surface area (Å²) in [5.41, 5.74) is 17.0. The van der Waals surface area contributed by atoms with Crippen LogP contribution in [0, 0.1) is 5.82 Å². The number of aromatic nitrogens is 1. The summed E-state index contributed by atoms with van der Waals surface area (Å²) in [6.45, 7) is 1.64. The average Bonchev–Trinajstić information content (AvgIpc) is 1.10. The van der Waals surface area contributed by atoms with Gasteiger partial charge >= 0.3 is 48.8 Å². The maximum absolute atomic E-state index is 14.9. The molecular weight excluding hydrogens is 1670 g/mol. The summed E-state index contributed by atoms with van der Waals surface area (Å²) < 4.78 is 169. The maximum atomic E-state index is 14.9. The first-order valence-electron chi connectivity index (χ1n) is 37.5. The van der Waals surface area contributed by atoms with Crippen LogP contribution >= 0.6 is 45.3 Å². The second kappa shape index (κ2) is 32.5. The number of nitrogens with zero attached hydrogens (tertiary/aromatic N) is 9. The van der Waals surface area contributed by atoms with E-state index in [1.165, 1.54) is 35.2 Å². The molecule has 0 bridgehead atoms. The number of amides is 8. The van der Waals surface area contributed by atoms with E-state index < -0.39 is 56.2 Å². The lowest BCUT2D eigenvalue weighted by Gasteiger charge is -2.24. The summed E-state index contributed by atoms with van der Waals surface area (Å²) >= 11 is 2.56. The number of hydrogen-bond donors (Lipinski definition) is 4. The Kier molecular flexibility index (Phi) is 21.7. The number of carbonyl (C=O) groups is 4. The molecular formula is C87H62F13N13O4S4. The third-order valence-electron chi connectivity index (χ3n) is 21.3. The van der Waals surface area contributed by atoms with Gasteiger partial charge in [0.2, 0.25) is 0 Å². The molecule has 8 aliphatic rings. The molecule has 4 fully saturated rings. The van der Waals surface area contributed by atoms with Gasteiger partial charge in [-0.15, -0.1) is 45.3 Å². The highest BCUT2D eigenvalue weighted by molar-refractivity contribution is 7.15. The number of thiazole rings is 1. The summed E-state index contributed by atoms with van der Waals surface area (Å²) in [5.74, 6) is -0.637. The number of aliphatic imine (C=N–C) groups is 4. The number of benzene rings is 8. The van der Waals surface area contributed by atoms with Crippen molar-refractivity contribution in [1.29, 1.82) is 0 Å². The fourth-order valence-electron chi connectivity index (χ4n) is 15.3. The fourth-order valence-corrected chi connectivity index (χ4v) is 18.5. The van der Waals surface area contributed by atoms with Crippen LogP contribution in [0.2, 0.25) is 0 Å². The van der Waals surface area contributed by atoms with Crippen molar-refractivity contribution < 1.29 is 76.3 Å². The highest BCUT2D eigenvalue weighted by Gasteiger charge is 2.41. The number of urea groups is 4. The number of fused-ring (bicyclic) bond motifs is 4. The highest BCUT2D eigenvalue weighted by atomic mass is 32.1. The predicted molar refractivity (Wildman–Crippen MR) is 444 cm³/mol. The molecule has 0 aliphatic carbocycles. The van der Waals surface area contributed by atoms with E-state index in [0.717, 1.165) is 140 Å². The number of carbonyl (C=O) groups excluding carboxylic acids is 4. The van der Waals surface area contributed by atoms with Crippen LogP contribution in [0.15, 0.2) is 225 Å². The lowest BCUT2D eigenvalue weighted by molar-refractivity contribution is -0.138. The third kappa shape index (κ3) is 16.8. The molecule has 20 rings (SSSR count). The van der Waals surface area contributed by atoms with Crippen LogP contribution in [0.3, 0.4) is 0 Å². The van der Waals surface area contributed by atoms with Crippen LogP contribution in [0.25, 0.3) is 43.1 Å². The maximum Gasteiger partial charge on any atom is 0.443 e. The van der Waals surface area contributed by atoms with E-state index in [2.05, 4.69) is 46.2 Å². The number of anilines is 4. The molecule has 8 aromatic carbocycles. The second-order valence-corrected chi connectivity index (χ2v) is 32.7. The Morgan fingerprint density at radius 2 is 0.678 bits per heavy atom. The van der Waals surface area contributed by atoms with Crippen LogP contribution in [-0.2, 0) is 50.4 Å². The molecule has 34 heteroatoms. The zero-order chi connectivity index (χ0) is 84.4. The molecule has 4 saturated heterocycles. The minimum Gasteiger partial charge on any atom is -0.335 e. The lowest BCUT2D eigenvalue weighted by Crippen LogP contribution is -2.29. The van der Waals surface area contributed by atoms with Crippen molar-refractivity contribution >= 4 is 140 Å². The standard InChI is InChI=1S/C22H15F4N3OS.2C22H16F3N3OS.C21H15F3N4OS/c23-17-7-13(2-4-16(17)14-8-20(31-11-14)22(24,25)26)19-10-28-21(30)29(19)15-3-1-12-5-6-27-18(12)9-15;23-22(24,25)20-9-16(12-30-20)13-1-3-15(4-2-13)19-11-27-21(29)28(19)17-6-5-14-7-8-26-18(14)10-17;23-22(24,25)20-8-7-19(30-20)15-3-1-14(2-4-15)18-12-27-21(29)28(18)16-6-5-13-9-10-26-17(13)11-16;22-21(23,24)19-26-11-18(30-19)14-3-1-13(2-4-14)17-10-27-20(29)28(17)15-6-5-12-7-8-25-16(12)9-15/h1-4,6-9,11,19H,5,10H2,(H,28,30);1-6,8-10,12,19H,7,11H2,(H,27,29);1-8,10-11,18H,9,12H2,(H,27,29);1-6,8-9,11,17H,7,10H2,(H,27,29)/t2*19-;18-;17-/m1111/s1. The molecule has 614 valence electrons. The Balaban J connectivity index is 0.000000115. The van der Waals surface area contributed by atoms with Gasteiger partial charge in [-0.25, -0.2) is 28.6 Å². The van der Waals surface area contributed by atoms with Crippen molar-refractivity contribution in [2.45, 2.75) is 74.6 Å². The molecule has 12 heterocycles. The molecule has 0 saturated carbocycles. The number of halogens is 13. The molecule has 0 unspecified atom stereocenters. The first-order chi connectivity index (χ1) is 58.0. The predicted octanol–water partition coefficient (Wildman–Crippen LogP) is 23.4. The van der Waals surface area contributed by atoms with Crippen LogP contribution < -0.4 is 40.9 Å². The SMILES string of the molecule is O=C1NC[C@H](c2ccc(-c3ccc(C(F)(F)F)s3)cc2)N1c1ccc2c(c1)N=CC2.O=C1NC[C@H](c2ccc(-c3cnc(C(F)(F)F)s3)cc2)N1c1ccc2c(c1)N=CC2.O=C1NC[C@H](c2ccc(-c3csc(C(F)(F)F)c3)c(F)c2)N1c1ccc2c(c1)N=CC2.O=C1NC[C@H](c2ccc(-c3csc(C(F)(F)F)c3)cc2)N1c1ccc2c(c1)N=CC2. The van der Waals surface area contributed by atoms with Crippen molar-refractivity contribution in [2.24, 2.45) is 20.0 Å². The van der Waals surface area contributed by atoms with E-state index >= 15 is 0 Å². The van der Waals surface area contributed by atoms with Gasteiger partial charge in [-0.05, 0) is 162 Å². The van der Waals surface area contributed by atoms with E-state index in [1.807, 2.05) is 128 Å². The Morgan fingerprint density at radius 1 is 0.331 bits per heavy atom. The fraction of sp³-hybridized carbons (Fsp3) is 0.184. The van der Waals surface area contributed by atoms with E-state index in [0.29, 0.717) is 91.3 Å². The summed E-state index contributed by atoms with van der Waals surface area (Å²) in [6, 6.07) is 52.0. The topological polar surface area (TPSA) is 192 Å². The van der Waals surface area contributed by atoms with Gasteiger partial charge in [0.25, 0.3) is 0 Å². The number of hydrogen-bond acceptors (Lipinski definition) is 13. The molecule has 0 spiro atoms. The average molecular weight is 1730 g/mol. The number of rotatable bonds is 12. The molecule has 4 aromatic heterocycles. The number of nitrogens with one attached hydrogen (secondary N) is 4. The van der Waals surface area contributed by atoms with E-state index in [1.54, 1.807) is 68.3 Å². The lowest BCUT2D eigenvalue weighted by atomic mass is 10.0. The van der Waals surface area contributed by atoms with Gasteiger partial charge in [-0.2, -0.15) is 52.7 Å². The Labute approximate surface area is 696 Å². The highest BCUT2D eigenvalue weighted by Crippen LogP contribution is 2.47. The van der Waals surface area contributed by atoms with Crippen LogP contribution in [0.5, 0.6) is 0 Å². The van der Waals surface area contributed by atoms with Crippen LogP contribution in [-0.4, -0.2) is 80.1 Å².